The SMILES string of the molecule is CN(C)c1ccc(C(=O)O)c(C=O)c1. The zero-order valence-electron chi connectivity index (χ0n) is 8.02. The quantitative estimate of drug-likeness (QED) is 0.734. The van der Waals surface area contributed by atoms with Gasteiger partial charge in [0.15, 0.2) is 6.29 Å². The van der Waals surface area contributed by atoms with Crippen molar-refractivity contribution in [2.45, 2.75) is 0 Å². The summed E-state index contributed by atoms with van der Waals surface area (Å²) in [5, 5.41) is 8.75. The summed E-state index contributed by atoms with van der Waals surface area (Å²) in [5.74, 6) is -1.09. The Morgan fingerprint density at radius 3 is 2.50 bits per heavy atom. The largest absolute Gasteiger partial charge is 0.478 e. The highest BCUT2D eigenvalue weighted by molar-refractivity contribution is 5.97. The van der Waals surface area contributed by atoms with Gasteiger partial charge in [-0.3, -0.25) is 4.79 Å². The third-order valence-electron chi connectivity index (χ3n) is 1.91. The molecule has 0 heterocycles. The van der Waals surface area contributed by atoms with Crippen molar-refractivity contribution in [1.29, 1.82) is 0 Å². The molecule has 1 aromatic rings. The summed E-state index contributed by atoms with van der Waals surface area (Å²) < 4.78 is 0. The smallest absolute Gasteiger partial charge is 0.336 e. The van der Waals surface area contributed by atoms with Crippen LogP contribution in [0, 0.1) is 0 Å². The molecule has 0 spiro atoms. The predicted octanol–water partition coefficient (Wildman–Crippen LogP) is 1.26. The summed E-state index contributed by atoms with van der Waals surface area (Å²) in [6.45, 7) is 0. The molecule has 1 aromatic carbocycles. The minimum absolute atomic E-state index is 0.0330. The first kappa shape index (κ1) is 10.2. The van der Waals surface area contributed by atoms with Gasteiger partial charge in [-0.1, -0.05) is 0 Å². The van der Waals surface area contributed by atoms with Crippen LogP contribution in [0.15, 0.2) is 18.2 Å². The first-order valence-corrected chi connectivity index (χ1v) is 4.06. The average molecular weight is 193 g/mol. The molecule has 0 aliphatic heterocycles. The minimum atomic E-state index is -1.09. The van der Waals surface area contributed by atoms with Crippen LogP contribution in [0.2, 0.25) is 0 Å². The summed E-state index contributed by atoms with van der Waals surface area (Å²) in [5.41, 5.74) is 1.03. The van der Waals surface area contributed by atoms with Gasteiger partial charge in [0, 0.05) is 25.3 Å². The van der Waals surface area contributed by atoms with Gasteiger partial charge in [-0.25, -0.2) is 4.79 Å². The second kappa shape index (κ2) is 3.91. The van der Waals surface area contributed by atoms with E-state index in [1.54, 1.807) is 17.0 Å². The van der Waals surface area contributed by atoms with E-state index in [-0.39, 0.29) is 11.1 Å². The van der Waals surface area contributed by atoms with Crippen molar-refractivity contribution in [3.05, 3.63) is 29.3 Å². The maximum absolute atomic E-state index is 10.7. The normalized spacial score (nSPS) is 9.57. The minimum Gasteiger partial charge on any atom is -0.478 e. The fraction of sp³-hybridized carbons (Fsp3) is 0.200. The fourth-order valence-electron chi connectivity index (χ4n) is 1.12. The van der Waals surface area contributed by atoms with E-state index in [4.69, 9.17) is 5.11 Å². The van der Waals surface area contributed by atoms with E-state index in [9.17, 15) is 9.59 Å². The number of aldehydes is 1. The summed E-state index contributed by atoms with van der Waals surface area (Å²) >= 11 is 0. The summed E-state index contributed by atoms with van der Waals surface area (Å²) in [6.07, 6.45) is 0.552. The standard InChI is InChI=1S/C10H11NO3/c1-11(2)8-3-4-9(10(13)14)7(5-8)6-12/h3-6H,1-2H3,(H,13,14). The molecule has 0 saturated heterocycles. The lowest BCUT2D eigenvalue weighted by atomic mass is 10.1. The van der Waals surface area contributed by atoms with Crippen LogP contribution >= 0.6 is 0 Å². The third-order valence-corrected chi connectivity index (χ3v) is 1.91. The highest BCUT2D eigenvalue weighted by Gasteiger charge is 2.10. The van der Waals surface area contributed by atoms with Crippen LogP contribution in [0.3, 0.4) is 0 Å². The molecule has 0 fully saturated rings. The van der Waals surface area contributed by atoms with Crippen LogP contribution in [0.4, 0.5) is 5.69 Å². The molecule has 74 valence electrons. The number of carbonyl (C=O) groups excluding carboxylic acids is 1. The molecule has 0 atom stereocenters. The van der Waals surface area contributed by atoms with Crippen LogP contribution < -0.4 is 4.90 Å². The first-order valence-electron chi connectivity index (χ1n) is 4.06. The number of benzene rings is 1. The van der Waals surface area contributed by atoms with Crippen molar-refractivity contribution in [3.8, 4) is 0 Å². The molecule has 0 bridgehead atoms. The third kappa shape index (κ3) is 1.90. The fourth-order valence-corrected chi connectivity index (χ4v) is 1.12. The topological polar surface area (TPSA) is 57.6 Å². The molecule has 4 nitrogen and oxygen atoms in total. The number of carboxylic acid groups (broad SMARTS) is 1. The molecule has 1 rings (SSSR count). The zero-order valence-corrected chi connectivity index (χ0v) is 8.02. The molecule has 1 N–H and O–H groups in total. The Bertz CT molecular complexity index is 372. The van der Waals surface area contributed by atoms with E-state index in [0.29, 0.717) is 6.29 Å². The van der Waals surface area contributed by atoms with E-state index in [1.165, 1.54) is 6.07 Å². The van der Waals surface area contributed by atoms with Crippen LogP contribution in [0.25, 0.3) is 0 Å². The number of anilines is 1. The van der Waals surface area contributed by atoms with Crippen molar-refractivity contribution in [2.75, 3.05) is 19.0 Å². The highest BCUT2D eigenvalue weighted by atomic mass is 16.4. The summed E-state index contributed by atoms with van der Waals surface area (Å²) in [4.78, 5) is 23.1. The number of carboxylic acids is 1. The van der Waals surface area contributed by atoms with Crippen LogP contribution in [-0.4, -0.2) is 31.5 Å². The molecular formula is C10H11NO3. The number of aromatic carboxylic acids is 1. The number of nitrogens with zero attached hydrogens (tertiary/aromatic N) is 1. The second-order valence-corrected chi connectivity index (χ2v) is 3.09. The summed E-state index contributed by atoms with van der Waals surface area (Å²) in [7, 11) is 3.65. The molecule has 4 heteroatoms. The van der Waals surface area contributed by atoms with Gasteiger partial charge in [-0.2, -0.15) is 0 Å². The van der Waals surface area contributed by atoms with Crippen LogP contribution in [-0.2, 0) is 0 Å². The van der Waals surface area contributed by atoms with Crippen molar-refractivity contribution in [2.24, 2.45) is 0 Å². The van der Waals surface area contributed by atoms with Gasteiger partial charge in [0.2, 0.25) is 0 Å². The highest BCUT2D eigenvalue weighted by Crippen LogP contribution is 2.16. The number of hydrogen-bond donors (Lipinski definition) is 1. The lowest BCUT2D eigenvalue weighted by Crippen LogP contribution is -2.10. The molecule has 0 aliphatic rings. The Labute approximate surface area is 81.8 Å². The Kier molecular flexibility index (Phi) is 2.86. The molecule has 0 radical (unpaired) electrons. The number of hydrogen-bond acceptors (Lipinski definition) is 3. The summed E-state index contributed by atoms with van der Waals surface area (Å²) in [6, 6.07) is 4.65. The van der Waals surface area contributed by atoms with Gasteiger partial charge in [0.05, 0.1) is 5.56 Å². The van der Waals surface area contributed by atoms with Crippen LogP contribution in [0.1, 0.15) is 20.7 Å². The van der Waals surface area contributed by atoms with Gasteiger partial charge >= 0.3 is 5.97 Å². The molecule has 0 amide bonds. The van der Waals surface area contributed by atoms with Gasteiger partial charge < -0.3 is 10.0 Å². The van der Waals surface area contributed by atoms with Crippen molar-refractivity contribution in [3.63, 3.8) is 0 Å². The van der Waals surface area contributed by atoms with E-state index in [1.807, 2.05) is 14.1 Å². The zero-order chi connectivity index (χ0) is 10.7. The van der Waals surface area contributed by atoms with Crippen molar-refractivity contribution < 1.29 is 14.7 Å². The Hall–Kier alpha value is -1.84. The first-order chi connectivity index (χ1) is 6.56. The lowest BCUT2D eigenvalue weighted by molar-refractivity contribution is 0.0694. The molecule has 14 heavy (non-hydrogen) atoms. The molecular weight excluding hydrogens is 182 g/mol. The van der Waals surface area contributed by atoms with Gasteiger partial charge in [-0.15, -0.1) is 0 Å². The Balaban J connectivity index is 3.25. The van der Waals surface area contributed by atoms with Crippen molar-refractivity contribution in [1.82, 2.24) is 0 Å². The van der Waals surface area contributed by atoms with E-state index in [0.717, 1.165) is 5.69 Å². The molecule has 0 unspecified atom stereocenters. The van der Waals surface area contributed by atoms with Gasteiger partial charge in [0.25, 0.3) is 0 Å². The second-order valence-electron chi connectivity index (χ2n) is 3.09. The van der Waals surface area contributed by atoms with Gasteiger partial charge in [-0.05, 0) is 18.2 Å². The molecule has 0 aliphatic carbocycles. The monoisotopic (exact) mass is 193 g/mol. The predicted molar refractivity (Wildman–Crippen MR) is 53.1 cm³/mol. The lowest BCUT2D eigenvalue weighted by Gasteiger charge is -2.13. The van der Waals surface area contributed by atoms with E-state index in [2.05, 4.69) is 0 Å². The van der Waals surface area contributed by atoms with Crippen molar-refractivity contribution >= 4 is 17.9 Å². The van der Waals surface area contributed by atoms with E-state index < -0.39 is 5.97 Å². The maximum atomic E-state index is 10.7. The Morgan fingerprint density at radius 1 is 1.43 bits per heavy atom. The maximum Gasteiger partial charge on any atom is 0.336 e. The number of rotatable bonds is 3. The molecule has 0 saturated carbocycles. The number of carbonyl (C=O) groups is 2. The molecule has 0 aromatic heterocycles. The van der Waals surface area contributed by atoms with Gasteiger partial charge in [0.1, 0.15) is 0 Å². The average Bonchev–Trinajstić information content (AvgIpc) is 2.16. The van der Waals surface area contributed by atoms with Crippen LogP contribution in [0.5, 0.6) is 0 Å². The van der Waals surface area contributed by atoms with E-state index >= 15 is 0 Å². The Morgan fingerprint density at radius 2 is 2.07 bits per heavy atom.